The molecule has 0 aromatic heterocycles. The summed E-state index contributed by atoms with van der Waals surface area (Å²) in [6.45, 7) is 3.41. The number of carboxylic acid groups (broad SMARTS) is 2. The van der Waals surface area contributed by atoms with Crippen LogP contribution in [0.3, 0.4) is 0 Å². The molecule has 0 bridgehead atoms. The SMILES string of the molecule is CCP(CC)(CC)(COCCOCCOC)OB(OC(=O)C(=O)O)OC(=O)C(=O)O. The van der Waals surface area contributed by atoms with E-state index in [0.29, 0.717) is 38.3 Å². The monoisotopic (exact) mass is 456 g/mol. The van der Waals surface area contributed by atoms with Gasteiger partial charge < -0.3 is 0 Å². The van der Waals surface area contributed by atoms with Crippen LogP contribution in [0.25, 0.3) is 0 Å². The number of carboxylic acids is 2. The standard InChI is InChI=1S/C16H30BO12P/c1-5-30(6-2,7-3,12-26-11-10-25-9-8-24-4)29-17(27-15(22)13(18)19)28-16(23)14(20)21/h5-12H2,1-4H3,(H,18,19)(H,20,21). The summed E-state index contributed by atoms with van der Waals surface area (Å²) in [7, 11) is -0.592. The van der Waals surface area contributed by atoms with Crippen molar-refractivity contribution in [2.24, 2.45) is 0 Å². The second kappa shape index (κ2) is 13.5. The van der Waals surface area contributed by atoms with Crippen LogP contribution in [0.2, 0.25) is 0 Å². The summed E-state index contributed by atoms with van der Waals surface area (Å²) >= 11 is 0. The van der Waals surface area contributed by atoms with Crippen molar-refractivity contribution < 1.29 is 57.4 Å². The Morgan fingerprint density at radius 1 is 0.767 bits per heavy atom. The van der Waals surface area contributed by atoms with E-state index < -0.39 is 38.0 Å². The summed E-state index contributed by atoms with van der Waals surface area (Å²) in [6, 6.07) is 0. The number of hydrogen-bond acceptors (Lipinski definition) is 10. The third kappa shape index (κ3) is 8.92. The molecular weight excluding hydrogens is 426 g/mol. The summed E-state index contributed by atoms with van der Waals surface area (Å²) in [5, 5.41) is 17.5. The zero-order chi connectivity index (χ0) is 23.2. The average Bonchev–Trinajstić information content (AvgIpc) is 2.72. The van der Waals surface area contributed by atoms with E-state index in [1.165, 1.54) is 0 Å². The third-order valence-corrected chi connectivity index (χ3v) is 11.2. The fourth-order valence-corrected chi connectivity index (χ4v) is 6.00. The summed E-state index contributed by atoms with van der Waals surface area (Å²) in [5.41, 5.74) is 0. The van der Waals surface area contributed by atoms with Gasteiger partial charge in [-0.2, -0.15) is 0 Å². The van der Waals surface area contributed by atoms with Crippen molar-refractivity contribution in [3.63, 3.8) is 0 Å². The maximum absolute atomic E-state index is 11.5. The van der Waals surface area contributed by atoms with Gasteiger partial charge in [-0.3, -0.25) is 0 Å². The van der Waals surface area contributed by atoms with Gasteiger partial charge in [-0.05, 0) is 0 Å². The van der Waals surface area contributed by atoms with E-state index >= 15 is 0 Å². The molecule has 0 saturated heterocycles. The number of methoxy groups -OCH3 is 1. The molecule has 0 rings (SSSR count). The van der Waals surface area contributed by atoms with E-state index in [2.05, 4.69) is 9.31 Å². The van der Waals surface area contributed by atoms with Crippen molar-refractivity contribution >= 4 is 38.0 Å². The topological polar surface area (TPSA) is 164 Å². The Labute approximate surface area is 175 Å². The van der Waals surface area contributed by atoms with Gasteiger partial charge in [0.25, 0.3) is 0 Å². The normalized spacial score (nSPS) is 12.5. The second-order valence-electron chi connectivity index (χ2n) is 6.26. The van der Waals surface area contributed by atoms with Crippen LogP contribution in [0.1, 0.15) is 20.8 Å². The molecule has 0 fully saturated rings. The van der Waals surface area contributed by atoms with Crippen LogP contribution in [0, 0.1) is 0 Å². The molecule has 30 heavy (non-hydrogen) atoms. The first-order valence-electron chi connectivity index (χ1n) is 9.30. The molecule has 0 atom stereocenters. The zero-order valence-electron chi connectivity index (χ0n) is 17.7. The first-order valence-corrected chi connectivity index (χ1v) is 12.2. The average molecular weight is 456 g/mol. The number of rotatable bonds is 15. The van der Waals surface area contributed by atoms with Crippen molar-refractivity contribution in [3.8, 4) is 0 Å². The predicted octanol–water partition coefficient (Wildman–Crippen LogP) is 0.409. The minimum atomic E-state index is -3.34. The molecule has 0 heterocycles. The van der Waals surface area contributed by atoms with E-state index in [0.717, 1.165) is 0 Å². The Bertz CT molecular complexity index is 556. The molecule has 0 spiro atoms. The molecule has 0 aliphatic heterocycles. The van der Waals surface area contributed by atoms with Gasteiger partial charge in [0.1, 0.15) is 0 Å². The summed E-state index contributed by atoms with van der Waals surface area (Å²) in [4.78, 5) is 44.5. The molecule has 0 aliphatic carbocycles. The van der Waals surface area contributed by atoms with E-state index in [4.69, 9.17) is 28.9 Å². The number of carbonyl (C=O) groups is 4. The molecule has 0 aromatic carbocycles. The maximum atomic E-state index is 11.5. The predicted molar refractivity (Wildman–Crippen MR) is 106 cm³/mol. The van der Waals surface area contributed by atoms with Crippen LogP contribution in [0.15, 0.2) is 0 Å². The molecule has 0 unspecified atom stereocenters. The van der Waals surface area contributed by atoms with E-state index in [1.807, 2.05) is 0 Å². The van der Waals surface area contributed by atoms with Gasteiger partial charge in [0.05, 0.1) is 0 Å². The number of carbonyl (C=O) groups excluding carboxylic acids is 2. The summed E-state index contributed by atoms with van der Waals surface area (Å²) in [5.74, 6) is -7.43. The quantitative estimate of drug-likeness (QED) is 0.151. The van der Waals surface area contributed by atoms with Crippen molar-refractivity contribution in [1.29, 1.82) is 0 Å². The van der Waals surface area contributed by atoms with Crippen LogP contribution in [-0.2, 0) is 47.1 Å². The molecule has 174 valence electrons. The molecule has 2 N–H and O–H groups in total. The fourth-order valence-electron chi connectivity index (χ4n) is 2.44. The molecule has 12 nitrogen and oxygen atoms in total. The van der Waals surface area contributed by atoms with Crippen molar-refractivity contribution in [1.82, 2.24) is 0 Å². The van der Waals surface area contributed by atoms with Crippen LogP contribution < -0.4 is 0 Å². The zero-order valence-corrected chi connectivity index (χ0v) is 18.6. The van der Waals surface area contributed by atoms with E-state index in [9.17, 15) is 19.2 Å². The number of hydrogen-bond donors (Lipinski definition) is 2. The van der Waals surface area contributed by atoms with E-state index in [1.54, 1.807) is 27.9 Å². The van der Waals surface area contributed by atoms with Gasteiger partial charge in [0.15, 0.2) is 0 Å². The Hall–Kier alpha value is -1.79. The van der Waals surface area contributed by atoms with Gasteiger partial charge in [0, 0.05) is 0 Å². The molecule has 0 aliphatic rings. The van der Waals surface area contributed by atoms with Gasteiger partial charge in [-0.1, -0.05) is 0 Å². The molecular formula is C16H30BO12P. The first-order chi connectivity index (χ1) is 14.1. The summed E-state index contributed by atoms with van der Waals surface area (Å²) in [6.07, 6.45) is 1.31. The van der Waals surface area contributed by atoms with Gasteiger partial charge in [0.2, 0.25) is 0 Å². The van der Waals surface area contributed by atoms with Gasteiger partial charge in [-0.15, -0.1) is 0 Å². The van der Waals surface area contributed by atoms with Gasteiger partial charge in [-0.25, -0.2) is 0 Å². The fraction of sp³-hybridized carbons (Fsp3) is 0.750. The molecule has 0 radical (unpaired) electrons. The third-order valence-electron chi connectivity index (χ3n) is 4.76. The minimum absolute atomic E-state index is 0.0779. The molecule has 14 heteroatoms. The van der Waals surface area contributed by atoms with Crippen LogP contribution in [0.5, 0.6) is 0 Å². The first kappa shape index (κ1) is 28.2. The van der Waals surface area contributed by atoms with Crippen LogP contribution >= 0.6 is 6.83 Å². The van der Waals surface area contributed by atoms with E-state index in [-0.39, 0.29) is 13.0 Å². The Morgan fingerprint density at radius 3 is 1.60 bits per heavy atom. The Balaban J connectivity index is 5.41. The Morgan fingerprint density at radius 2 is 1.20 bits per heavy atom. The Kier molecular flexibility index (Phi) is 12.7. The van der Waals surface area contributed by atoms with Crippen molar-refractivity contribution in [3.05, 3.63) is 0 Å². The number of aliphatic carboxylic acids is 2. The van der Waals surface area contributed by atoms with Crippen LogP contribution in [-0.4, -0.2) is 99.8 Å². The summed E-state index contributed by atoms with van der Waals surface area (Å²) < 4.78 is 30.9. The van der Waals surface area contributed by atoms with Crippen molar-refractivity contribution in [2.75, 3.05) is 58.4 Å². The molecule has 0 amide bonds. The van der Waals surface area contributed by atoms with Crippen molar-refractivity contribution in [2.45, 2.75) is 20.8 Å². The molecule has 0 saturated carbocycles. The van der Waals surface area contributed by atoms with Crippen LogP contribution in [0.4, 0.5) is 0 Å². The number of ether oxygens (including phenoxy) is 3. The molecule has 0 aromatic rings. The van der Waals surface area contributed by atoms with Gasteiger partial charge >= 0.3 is 175 Å². The second-order valence-corrected chi connectivity index (χ2v) is 12.3.